The van der Waals surface area contributed by atoms with Crippen molar-refractivity contribution in [3.8, 4) is 0 Å². The van der Waals surface area contributed by atoms with Gasteiger partial charge in [0.25, 0.3) is 0 Å². The molecular weight excluding hydrogens is 340 g/mol. The molecule has 5 rings (SSSR count). The number of fused-ring (bicyclic) bond motifs is 4. The Hall–Kier alpha value is -0.450. The Bertz CT molecular complexity index is 684. The molecule has 0 aromatic carbocycles. The van der Waals surface area contributed by atoms with Crippen LogP contribution in [0.25, 0.3) is 0 Å². The minimum absolute atomic E-state index is 0.0112. The molecule has 5 aliphatic rings. The molecule has 0 aromatic rings. The average Bonchev–Trinajstić information content (AvgIpc) is 2.98. The minimum Gasteiger partial charge on any atom is -0.385 e. The standard InChI is InChI=1S/C23H36O4/c1-19(2)9-6-10-21(5)15-8-7-14-11-22(15,18(25)16(24)17(19)21)12-23(14)26-13-20(3,4)27-23/h14-15,17-18,25H,6-13H2,1-5H3/t14-,15+,17-,18-,21+,22-,23+/m1/s1. The summed E-state index contributed by atoms with van der Waals surface area (Å²) < 4.78 is 12.8. The number of ketones is 1. The lowest BCUT2D eigenvalue weighted by molar-refractivity contribution is -0.214. The van der Waals surface area contributed by atoms with Crippen LogP contribution in [0.2, 0.25) is 0 Å². The van der Waals surface area contributed by atoms with Crippen molar-refractivity contribution >= 4 is 5.78 Å². The molecule has 1 saturated heterocycles. The van der Waals surface area contributed by atoms with Crippen molar-refractivity contribution < 1.29 is 19.4 Å². The number of Topliss-reactive ketones (excluding diaryl/α,β-unsaturated/α-hetero) is 1. The molecule has 7 atom stereocenters. The van der Waals surface area contributed by atoms with Crippen LogP contribution in [-0.4, -0.2) is 35.0 Å². The summed E-state index contributed by atoms with van der Waals surface area (Å²) in [6.07, 6.45) is 6.26. The van der Waals surface area contributed by atoms with Crippen LogP contribution in [0.15, 0.2) is 0 Å². The maximum Gasteiger partial charge on any atom is 0.172 e. The summed E-state index contributed by atoms with van der Waals surface area (Å²) in [4.78, 5) is 13.6. The van der Waals surface area contributed by atoms with Gasteiger partial charge in [0.2, 0.25) is 0 Å². The fourth-order valence-electron chi connectivity index (χ4n) is 8.66. The van der Waals surface area contributed by atoms with Gasteiger partial charge in [0.05, 0.1) is 12.2 Å². The Morgan fingerprint density at radius 3 is 2.48 bits per heavy atom. The molecule has 4 aliphatic carbocycles. The van der Waals surface area contributed by atoms with Gasteiger partial charge in [-0.15, -0.1) is 0 Å². The normalized spacial score (nSPS) is 55.4. The lowest BCUT2D eigenvalue weighted by Crippen LogP contribution is -2.65. The Kier molecular flexibility index (Phi) is 3.56. The molecule has 152 valence electrons. The molecule has 1 N–H and O–H groups in total. The zero-order valence-electron chi connectivity index (χ0n) is 17.6. The van der Waals surface area contributed by atoms with Gasteiger partial charge in [0.1, 0.15) is 6.10 Å². The highest BCUT2D eigenvalue weighted by Gasteiger charge is 2.74. The third-order valence-electron chi connectivity index (χ3n) is 9.31. The Morgan fingerprint density at radius 1 is 1.07 bits per heavy atom. The number of rotatable bonds is 0. The largest absolute Gasteiger partial charge is 0.385 e. The monoisotopic (exact) mass is 376 g/mol. The lowest BCUT2D eigenvalue weighted by Gasteiger charge is -2.64. The smallest absolute Gasteiger partial charge is 0.172 e. The van der Waals surface area contributed by atoms with E-state index in [4.69, 9.17) is 9.47 Å². The maximum atomic E-state index is 13.6. The van der Waals surface area contributed by atoms with Gasteiger partial charge in [-0.25, -0.2) is 0 Å². The van der Waals surface area contributed by atoms with Crippen molar-refractivity contribution in [1.29, 1.82) is 0 Å². The van der Waals surface area contributed by atoms with Crippen molar-refractivity contribution in [3.63, 3.8) is 0 Å². The second-order valence-electron chi connectivity index (χ2n) is 12.0. The van der Waals surface area contributed by atoms with Crippen LogP contribution in [0.5, 0.6) is 0 Å². The van der Waals surface area contributed by atoms with E-state index in [1.807, 2.05) is 0 Å². The van der Waals surface area contributed by atoms with Crippen LogP contribution in [0.3, 0.4) is 0 Å². The summed E-state index contributed by atoms with van der Waals surface area (Å²) in [6.45, 7) is 11.6. The van der Waals surface area contributed by atoms with Gasteiger partial charge in [-0.3, -0.25) is 4.79 Å². The van der Waals surface area contributed by atoms with Gasteiger partial charge in [-0.05, 0) is 62.7 Å². The molecule has 4 nitrogen and oxygen atoms in total. The summed E-state index contributed by atoms with van der Waals surface area (Å²) in [5, 5.41) is 11.4. The molecule has 0 aromatic heterocycles. The molecule has 1 heterocycles. The van der Waals surface area contributed by atoms with E-state index in [0.717, 1.165) is 32.1 Å². The van der Waals surface area contributed by atoms with Crippen molar-refractivity contribution in [2.24, 2.45) is 34.0 Å². The fourth-order valence-corrected chi connectivity index (χ4v) is 8.66. The number of aliphatic hydroxyl groups is 1. The molecule has 1 aliphatic heterocycles. The average molecular weight is 377 g/mol. The molecule has 0 radical (unpaired) electrons. The number of hydrogen-bond acceptors (Lipinski definition) is 4. The number of ether oxygens (including phenoxy) is 2. The summed E-state index contributed by atoms with van der Waals surface area (Å²) in [5.41, 5.74) is -0.684. The number of aliphatic hydroxyl groups excluding tert-OH is 1. The highest BCUT2D eigenvalue weighted by molar-refractivity contribution is 5.89. The first-order valence-corrected chi connectivity index (χ1v) is 11.0. The zero-order chi connectivity index (χ0) is 19.5. The summed E-state index contributed by atoms with van der Waals surface area (Å²) in [7, 11) is 0. The Morgan fingerprint density at radius 2 is 1.81 bits per heavy atom. The maximum absolute atomic E-state index is 13.6. The molecule has 4 heteroatoms. The van der Waals surface area contributed by atoms with Crippen LogP contribution in [-0.2, 0) is 14.3 Å². The summed E-state index contributed by atoms with van der Waals surface area (Å²) >= 11 is 0. The molecule has 4 saturated carbocycles. The zero-order valence-corrected chi connectivity index (χ0v) is 17.6. The van der Waals surface area contributed by atoms with E-state index in [1.54, 1.807) is 0 Å². The Labute approximate surface area is 163 Å². The lowest BCUT2D eigenvalue weighted by atomic mass is 9.40. The van der Waals surface area contributed by atoms with Crippen molar-refractivity contribution in [2.45, 2.75) is 97.1 Å². The predicted molar refractivity (Wildman–Crippen MR) is 102 cm³/mol. The van der Waals surface area contributed by atoms with E-state index < -0.39 is 11.9 Å². The fraction of sp³-hybridized carbons (Fsp3) is 0.957. The Balaban J connectivity index is 1.59. The predicted octanol–water partition coefficient (Wildman–Crippen LogP) is 4.09. The SMILES string of the molecule is CC1(C)CO[C@@]2(C[C@]34C[C@H]2CC[C@H]3[C@]2(C)CCCC(C)(C)[C@H]2C(=O)[C@H]4O)O1. The van der Waals surface area contributed by atoms with E-state index in [2.05, 4.69) is 34.6 Å². The first kappa shape index (κ1) is 18.6. The summed E-state index contributed by atoms with van der Waals surface area (Å²) in [6, 6.07) is 0. The molecule has 27 heavy (non-hydrogen) atoms. The molecule has 2 bridgehead atoms. The van der Waals surface area contributed by atoms with Crippen LogP contribution >= 0.6 is 0 Å². The summed E-state index contributed by atoms with van der Waals surface area (Å²) in [5.74, 6) is 0.170. The highest BCUT2D eigenvalue weighted by Crippen LogP contribution is 2.73. The first-order valence-electron chi connectivity index (χ1n) is 11.0. The van der Waals surface area contributed by atoms with Gasteiger partial charge in [-0.1, -0.05) is 27.2 Å². The second-order valence-corrected chi connectivity index (χ2v) is 12.0. The topological polar surface area (TPSA) is 55.8 Å². The van der Waals surface area contributed by atoms with Crippen molar-refractivity contribution in [1.82, 2.24) is 0 Å². The van der Waals surface area contributed by atoms with Crippen LogP contribution in [0.1, 0.15) is 79.6 Å². The molecule has 0 unspecified atom stereocenters. The van der Waals surface area contributed by atoms with E-state index in [1.165, 1.54) is 6.42 Å². The van der Waals surface area contributed by atoms with Crippen LogP contribution < -0.4 is 0 Å². The van der Waals surface area contributed by atoms with Crippen LogP contribution in [0, 0.1) is 34.0 Å². The third kappa shape index (κ3) is 2.18. The van der Waals surface area contributed by atoms with Crippen LogP contribution in [0.4, 0.5) is 0 Å². The van der Waals surface area contributed by atoms with Gasteiger partial charge >= 0.3 is 0 Å². The van der Waals surface area contributed by atoms with E-state index in [-0.39, 0.29) is 33.5 Å². The number of carbonyl (C=O) groups is 1. The quantitative estimate of drug-likeness (QED) is 0.692. The van der Waals surface area contributed by atoms with Gasteiger partial charge in [0, 0.05) is 23.7 Å². The number of carbonyl (C=O) groups excluding carboxylic acids is 1. The molecule has 5 fully saturated rings. The number of hydrogen-bond donors (Lipinski definition) is 1. The van der Waals surface area contributed by atoms with E-state index in [0.29, 0.717) is 24.9 Å². The van der Waals surface area contributed by atoms with E-state index in [9.17, 15) is 9.90 Å². The molecule has 2 spiro atoms. The first-order chi connectivity index (χ1) is 12.5. The van der Waals surface area contributed by atoms with Crippen molar-refractivity contribution in [3.05, 3.63) is 0 Å². The van der Waals surface area contributed by atoms with Gasteiger partial charge < -0.3 is 14.6 Å². The highest BCUT2D eigenvalue weighted by atomic mass is 16.8. The van der Waals surface area contributed by atoms with Gasteiger partial charge in [-0.2, -0.15) is 0 Å². The second kappa shape index (κ2) is 5.17. The van der Waals surface area contributed by atoms with Crippen molar-refractivity contribution in [2.75, 3.05) is 6.61 Å². The molecular formula is C23H36O4. The third-order valence-corrected chi connectivity index (χ3v) is 9.31. The van der Waals surface area contributed by atoms with Gasteiger partial charge in [0.15, 0.2) is 11.6 Å². The van der Waals surface area contributed by atoms with E-state index >= 15 is 0 Å². The molecule has 0 amide bonds. The minimum atomic E-state index is -0.865.